The van der Waals surface area contributed by atoms with Crippen LogP contribution in [0.25, 0.3) is 0 Å². The van der Waals surface area contributed by atoms with Gasteiger partial charge in [0.2, 0.25) is 5.91 Å². The summed E-state index contributed by atoms with van der Waals surface area (Å²) in [7, 11) is 0. The normalized spacial score (nSPS) is 30.7. The maximum Gasteiger partial charge on any atom is 0.225 e. The van der Waals surface area contributed by atoms with E-state index in [0.29, 0.717) is 18.4 Å². The molecule has 1 saturated heterocycles. The summed E-state index contributed by atoms with van der Waals surface area (Å²) >= 11 is 0. The molecule has 0 aromatic carbocycles. The van der Waals surface area contributed by atoms with E-state index in [1.165, 1.54) is 25.7 Å². The second kappa shape index (κ2) is 5.80. The Morgan fingerprint density at radius 2 is 1.95 bits per heavy atom. The van der Waals surface area contributed by atoms with Crippen molar-refractivity contribution in [1.29, 1.82) is 0 Å². The Labute approximate surface area is 114 Å². The first kappa shape index (κ1) is 13.4. The molecule has 1 aliphatic heterocycles. The van der Waals surface area contributed by atoms with Crippen molar-refractivity contribution < 1.29 is 14.6 Å². The predicted molar refractivity (Wildman–Crippen MR) is 71.5 cm³/mol. The molecule has 108 valence electrons. The van der Waals surface area contributed by atoms with Crippen LogP contribution in [0, 0.1) is 23.7 Å². The molecule has 3 unspecified atom stereocenters. The van der Waals surface area contributed by atoms with Crippen LogP contribution in [-0.2, 0) is 9.53 Å². The number of aliphatic hydroxyl groups excluding tert-OH is 1. The molecule has 4 nitrogen and oxygen atoms in total. The Balaban J connectivity index is 1.58. The Morgan fingerprint density at radius 3 is 2.47 bits per heavy atom. The number of hydrogen-bond donors (Lipinski definition) is 2. The van der Waals surface area contributed by atoms with E-state index in [9.17, 15) is 9.90 Å². The molecular formula is C15H25NO3. The number of hydrogen-bond acceptors (Lipinski definition) is 3. The van der Waals surface area contributed by atoms with Gasteiger partial charge in [0.1, 0.15) is 0 Å². The first-order chi connectivity index (χ1) is 9.29. The van der Waals surface area contributed by atoms with Gasteiger partial charge in [-0.3, -0.25) is 4.79 Å². The lowest BCUT2D eigenvalue weighted by Gasteiger charge is -2.29. The molecule has 1 heterocycles. The van der Waals surface area contributed by atoms with E-state index in [0.717, 1.165) is 19.4 Å². The van der Waals surface area contributed by atoms with Gasteiger partial charge in [0.05, 0.1) is 12.5 Å². The maximum absolute atomic E-state index is 12.3. The molecular weight excluding hydrogens is 242 g/mol. The summed E-state index contributed by atoms with van der Waals surface area (Å²) in [6.45, 7) is 1.57. The average molecular weight is 267 g/mol. The molecule has 4 heteroatoms. The van der Waals surface area contributed by atoms with Crippen LogP contribution >= 0.6 is 0 Å². The highest BCUT2D eigenvalue weighted by atomic mass is 16.5. The van der Waals surface area contributed by atoms with Crippen LogP contribution in [-0.4, -0.2) is 36.9 Å². The topological polar surface area (TPSA) is 58.6 Å². The second-order valence-corrected chi connectivity index (χ2v) is 6.47. The summed E-state index contributed by atoms with van der Waals surface area (Å²) in [5.74, 6) is 1.69. The fraction of sp³-hybridized carbons (Fsp3) is 0.933. The quantitative estimate of drug-likeness (QED) is 0.763. The number of rotatable bonds is 6. The zero-order chi connectivity index (χ0) is 13.2. The molecule has 2 aliphatic carbocycles. The number of ether oxygens (including phenoxy) is 1. The Morgan fingerprint density at radius 1 is 1.21 bits per heavy atom. The van der Waals surface area contributed by atoms with Gasteiger partial charge in [-0.05, 0) is 50.4 Å². The predicted octanol–water partition coefficient (Wildman–Crippen LogP) is 1.33. The van der Waals surface area contributed by atoms with Gasteiger partial charge >= 0.3 is 0 Å². The van der Waals surface area contributed by atoms with E-state index in [1.807, 2.05) is 0 Å². The largest absolute Gasteiger partial charge is 0.396 e. The lowest BCUT2D eigenvalue weighted by molar-refractivity contribution is -0.130. The molecule has 3 fully saturated rings. The Kier molecular flexibility index (Phi) is 4.08. The molecule has 0 radical (unpaired) electrons. The third-order valence-corrected chi connectivity index (χ3v) is 4.87. The molecule has 2 saturated carbocycles. The monoisotopic (exact) mass is 267 g/mol. The van der Waals surface area contributed by atoms with Crippen LogP contribution in [0.1, 0.15) is 38.5 Å². The average Bonchev–Trinajstić information content (AvgIpc) is 3.29. The molecule has 3 aliphatic rings. The fourth-order valence-electron chi connectivity index (χ4n) is 3.34. The molecule has 2 N–H and O–H groups in total. The van der Waals surface area contributed by atoms with Gasteiger partial charge in [-0.15, -0.1) is 0 Å². The van der Waals surface area contributed by atoms with Gasteiger partial charge in [-0.2, -0.15) is 0 Å². The second-order valence-electron chi connectivity index (χ2n) is 6.47. The summed E-state index contributed by atoms with van der Waals surface area (Å²) in [5, 5.41) is 12.9. The van der Waals surface area contributed by atoms with Gasteiger partial charge in [0.15, 0.2) is 0 Å². The summed E-state index contributed by atoms with van der Waals surface area (Å²) in [6.07, 6.45) is 6.77. The van der Waals surface area contributed by atoms with Gasteiger partial charge in [0.25, 0.3) is 0 Å². The smallest absolute Gasteiger partial charge is 0.225 e. The van der Waals surface area contributed by atoms with Gasteiger partial charge in [-0.1, -0.05) is 0 Å². The third kappa shape index (κ3) is 3.29. The minimum absolute atomic E-state index is 0.0218. The van der Waals surface area contributed by atoms with Crippen molar-refractivity contribution in [2.75, 3.05) is 19.8 Å². The number of amides is 1. The lowest BCUT2D eigenvalue weighted by atomic mass is 9.90. The molecule has 1 amide bonds. The summed E-state index contributed by atoms with van der Waals surface area (Å²) < 4.78 is 5.40. The van der Waals surface area contributed by atoms with Crippen molar-refractivity contribution in [3.05, 3.63) is 0 Å². The van der Waals surface area contributed by atoms with Crippen LogP contribution in [0.2, 0.25) is 0 Å². The highest BCUT2D eigenvalue weighted by Gasteiger charge is 2.44. The number of nitrogens with one attached hydrogen (secondary N) is 1. The van der Waals surface area contributed by atoms with E-state index in [1.54, 1.807) is 0 Å². The van der Waals surface area contributed by atoms with Crippen molar-refractivity contribution in [1.82, 2.24) is 5.32 Å². The lowest BCUT2D eigenvalue weighted by Crippen LogP contribution is -2.47. The first-order valence-electron chi connectivity index (χ1n) is 7.78. The first-order valence-corrected chi connectivity index (χ1v) is 7.78. The van der Waals surface area contributed by atoms with Gasteiger partial charge in [-0.25, -0.2) is 0 Å². The Hall–Kier alpha value is -0.610. The van der Waals surface area contributed by atoms with Crippen LogP contribution in [0.4, 0.5) is 0 Å². The van der Waals surface area contributed by atoms with Crippen molar-refractivity contribution in [3.63, 3.8) is 0 Å². The molecule has 0 aromatic rings. The van der Waals surface area contributed by atoms with E-state index < -0.39 is 0 Å². The van der Waals surface area contributed by atoms with Gasteiger partial charge in [0, 0.05) is 25.2 Å². The molecule has 0 spiro atoms. The molecule has 3 atom stereocenters. The summed E-state index contributed by atoms with van der Waals surface area (Å²) in [4.78, 5) is 12.3. The highest BCUT2D eigenvalue weighted by Crippen LogP contribution is 2.45. The number of carbonyl (C=O) groups excluding carboxylic acids is 1. The zero-order valence-electron chi connectivity index (χ0n) is 11.5. The summed E-state index contributed by atoms with van der Waals surface area (Å²) in [5.41, 5.74) is 0. The zero-order valence-corrected chi connectivity index (χ0v) is 11.5. The van der Waals surface area contributed by atoms with Crippen molar-refractivity contribution in [2.24, 2.45) is 23.7 Å². The van der Waals surface area contributed by atoms with Crippen LogP contribution < -0.4 is 5.32 Å². The molecule has 3 rings (SSSR count). The van der Waals surface area contributed by atoms with E-state index in [2.05, 4.69) is 5.32 Å². The van der Waals surface area contributed by atoms with Crippen LogP contribution in [0.15, 0.2) is 0 Å². The number of carbonyl (C=O) groups is 1. The van der Waals surface area contributed by atoms with Crippen molar-refractivity contribution >= 4 is 5.91 Å². The minimum atomic E-state index is 0.0218. The molecule has 0 bridgehead atoms. The van der Waals surface area contributed by atoms with Gasteiger partial charge < -0.3 is 15.2 Å². The van der Waals surface area contributed by atoms with E-state index in [-0.39, 0.29) is 30.4 Å². The molecule has 0 aromatic heterocycles. The highest BCUT2D eigenvalue weighted by molar-refractivity contribution is 5.79. The fourth-order valence-corrected chi connectivity index (χ4v) is 3.34. The van der Waals surface area contributed by atoms with Crippen LogP contribution in [0.5, 0.6) is 0 Å². The standard InChI is InChI=1S/C15H25NO3/c17-8-13(10-3-4-10)14(11-5-6-11)16-15(18)12-2-1-7-19-9-12/h10-14,17H,1-9H2,(H,16,18). The third-order valence-electron chi connectivity index (χ3n) is 4.87. The minimum Gasteiger partial charge on any atom is -0.396 e. The van der Waals surface area contributed by atoms with Crippen molar-refractivity contribution in [3.8, 4) is 0 Å². The van der Waals surface area contributed by atoms with E-state index >= 15 is 0 Å². The number of aliphatic hydroxyl groups is 1. The molecule has 19 heavy (non-hydrogen) atoms. The SMILES string of the molecule is O=C(NC(C1CC1)C(CO)C1CC1)C1CCCOC1. The maximum atomic E-state index is 12.3. The summed E-state index contributed by atoms with van der Waals surface area (Å²) in [6, 6.07) is 0.201. The van der Waals surface area contributed by atoms with Crippen LogP contribution in [0.3, 0.4) is 0 Å². The Bertz CT molecular complexity index is 319. The van der Waals surface area contributed by atoms with E-state index in [4.69, 9.17) is 4.74 Å². The van der Waals surface area contributed by atoms with Crippen molar-refractivity contribution in [2.45, 2.75) is 44.6 Å².